The third-order valence-electron chi connectivity index (χ3n) is 3.88. The van der Waals surface area contributed by atoms with E-state index in [0.717, 1.165) is 23.7 Å². The summed E-state index contributed by atoms with van der Waals surface area (Å²) in [6.45, 7) is 4.08. The molecule has 1 aromatic heterocycles. The fourth-order valence-corrected chi connectivity index (χ4v) is 2.70. The number of nitrogens with zero attached hydrogens (tertiary/aromatic N) is 1. The van der Waals surface area contributed by atoms with Crippen molar-refractivity contribution < 1.29 is 4.79 Å². The molecule has 0 fully saturated rings. The Hall–Kier alpha value is -1.61. The topological polar surface area (TPSA) is 42.0 Å². The van der Waals surface area contributed by atoms with E-state index in [9.17, 15) is 4.79 Å². The molecule has 0 bridgehead atoms. The lowest BCUT2D eigenvalue weighted by Crippen LogP contribution is -2.49. The normalized spacial score (nSPS) is 11.6. The zero-order valence-corrected chi connectivity index (χ0v) is 12.6. The zero-order valence-electron chi connectivity index (χ0n) is 11.8. The van der Waals surface area contributed by atoms with Gasteiger partial charge >= 0.3 is 0 Å². The molecule has 0 saturated heterocycles. The van der Waals surface area contributed by atoms with Crippen LogP contribution in [0.1, 0.15) is 37.0 Å². The molecule has 0 aliphatic rings. The molecule has 1 amide bonds. The third-order valence-corrected chi connectivity index (χ3v) is 4.39. The Morgan fingerprint density at radius 1 is 1.25 bits per heavy atom. The number of fused-ring (bicyclic) bond motifs is 1. The molecule has 3 nitrogen and oxygen atoms in total. The fourth-order valence-electron chi connectivity index (χ4n) is 2.26. The molecule has 2 aromatic rings. The van der Waals surface area contributed by atoms with E-state index in [0.29, 0.717) is 11.4 Å². The maximum absolute atomic E-state index is 12.6. The molecule has 0 atom stereocenters. The summed E-state index contributed by atoms with van der Waals surface area (Å²) in [5, 5.41) is 3.95. The largest absolute Gasteiger partial charge is 0.345 e. The van der Waals surface area contributed by atoms with Gasteiger partial charge in [0.25, 0.3) is 5.91 Å². The molecular formula is C16H19ClN2O. The lowest BCUT2D eigenvalue weighted by atomic mass is 9.94. The monoisotopic (exact) mass is 290 g/mol. The van der Waals surface area contributed by atoms with Crippen LogP contribution in [0, 0.1) is 0 Å². The number of alkyl halides is 1. The minimum absolute atomic E-state index is 0.0899. The van der Waals surface area contributed by atoms with Crippen molar-refractivity contribution in [1.82, 2.24) is 10.3 Å². The second-order valence-corrected chi connectivity index (χ2v) is 5.22. The van der Waals surface area contributed by atoms with Crippen LogP contribution in [0.15, 0.2) is 36.5 Å². The summed E-state index contributed by atoms with van der Waals surface area (Å²) in [5.41, 5.74) is 1.12. The van der Waals surface area contributed by atoms with Crippen molar-refractivity contribution in [2.24, 2.45) is 0 Å². The molecule has 106 valence electrons. The van der Waals surface area contributed by atoms with Gasteiger partial charge in [-0.05, 0) is 31.0 Å². The third kappa shape index (κ3) is 2.78. The molecule has 0 radical (unpaired) electrons. The molecular weight excluding hydrogens is 272 g/mol. The molecule has 0 aliphatic heterocycles. The van der Waals surface area contributed by atoms with E-state index < -0.39 is 0 Å². The fraction of sp³-hybridized carbons (Fsp3) is 0.375. The summed E-state index contributed by atoms with van der Waals surface area (Å²) < 4.78 is 0. The summed E-state index contributed by atoms with van der Waals surface area (Å²) in [7, 11) is 0. The standard InChI is InChI=1S/C16H19ClN2O/c1-3-16(4-2,11-17)19-15(20)13-7-5-9-14-12(13)8-6-10-18-14/h5-10H,3-4,11H2,1-2H3,(H,19,20). The maximum Gasteiger partial charge on any atom is 0.252 e. The van der Waals surface area contributed by atoms with Gasteiger partial charge in [0, 0.05) is 23.0 Å². The predicted molar refractivity (Wildman–Crippen MR) is 83.2 cm³/mol. The van der Waals surface area contributed by atoms with E-state index in [1.54, 1.807) is 6.20 Å². The van der Waals surface area contributed by atoms with Gasteiger partial charge in [0.05, 0.1) is 11.1 Å². The highest BCUT2D eigenvalue weighted by Crippen LogP contribution is 2.21. The van der Waals surface area contributed by atoms with Gasteiger partial charge in [0.15, 0.2) is 0 Å². The van der Waals surface area contributed by atoms with E-state index in [-0.39, 0.29) is 11.4 Å². The Labute approximate surface area is 124 Å². The van der Waals surface area contributed by atoms with E-state index in [1.165, 1.54) is 0 Å². The number of amides is 1. The lowest BCUT2D eigenvalue weighted by Gasteiger charge is -2.30. The van der Waals surface area contributed by atoms with Crippen LogP contribution >= 0.6 is 11.6 Å². The average Bonchev–Trinajstić information content (AvgIpc) is 2.52. The summed E-state index contributed by atoms with van der Waals surface area (Å²) in [5.74, 6) is 0.322. The smallest absolute Gasteiger partial charge is 0.252 e. The quantitative estimate of drug-likeness (QED) is 0.852. The van der Waals surface area contributed by atoms with Crippen LogP contribution < -0.4 is 5.32 Å². The molecule has 4 heteroatoms. The van der Waals surface area contributed by atoms with E-state index in [1.807, 2.05) is 44.2 Å². The van der Waals surface area contributed by atoms with Gasteiger partial charge in [-0.25, -0.2) is 0 Å². The molecule has 0 saturated carbocycles. The first-order valence-electron chi connectivity index (χ1n) is 6.88. The molecule has 20 heavy (non-hydrogen) atoms. The first kappa shape index (κ1) is 14.8. The van der Waals surface area contributed by atoms with Gasteiger partial charge in [-0.3, -0.25) is 9.78 Å². The van der Waals surface area contributed by atoms with Crippen LogP contribution in [0.5, 0.6) is 0 Å². The summed E-state index contributed by atoms with van der Waals surface area (Å²) >= 11 is 6.05. The Bertz CT molecular complexity index is 595. The molecule has 0 unspecified atom stereocenters. The highest BCUT2D eigenvalue weighted by atomic mass is 35.5. The predicted octanol–water partition coefficient (Wildman–Crippen LogP) is 3.76. The number of carbonyl (C=O) groups excluding carboxylic acids is 1. The van der Waals surface area contributed by atoms with E-state index in [2.05, 4.69) is 10.3 Å². The van der Waals surface area contributed by atoms with Crippen molar-refractivity contribution in [1.29, 1.82) is 0 Å². The first-order chi connectivity index (χ1) is 9.65. The molecule has 1 heterocycles. The Balaban J connectivity index is 2.37. The number of nitrogens with one attached hydrogen (secondary N) is 1. The van der Waals surface area contributed by atoms with E-state index in [4.69, 9.17) is 11.6 Å². The van der Waals surface area contributed by atoms with Crippen LogP contribution in [0.3, 0.4) is 0 Å². The second kappa shape index (κ2) is 6.23. The SMILES string of the molecule is CCC(CC)(CCl)NC(=O)c1cccc2ncccc12. The molecule has 0 spiro atoms. The van der Waals surface area contributed by atoms with E-state index >= 15 is 0 Å². The average molecular weight is 291 g/mol. The minimum Gasteiger partial charge on any atom is -0.345 e. The molecule has 1 aromatic carbocycles. The van der Waals surface area contributed by atoms with Crippen LogP contribution in [-0.2, 0) is 0 Å². The number of hydrogen-bond donors (Lipinski definition) is 1. The van der Waals surface area contributed by atoms with Gasteiger partial charge in [-0.15, -0.1) is 11.6 Å². The van der Waals surface area contributed by atoms with Gasteiger partial charge in [-0.2, -0.15) is 0 Å². The van der Waals surface area contributed by atoms with Crippen molar-refractivity contribution in [3.05, 3.63) is 42.1 Å². The summed E-state index contributed by atoms with van der Waals surface area (Å²) in [6, 6.07) is 9.33. The van der Waals surface area contributed by atoms with Crippen LogP contribution in [-0.4, -0.2) is 22.3 Å². The summed E-state index contributed by atoms with van der Waals surface area (Å²) in [6.07, 6.45) is 3.34. The number of hydrogen-bond acceptors (Lipinski definition) is 2. The number of halogens is 1. The van der Waals surface area contributed by atoms with Crippen molar-refractivity contribution in [2.45, 2.75) is 32.2 Å². The number of rotatable bonds is 5. The van der Waals surface area contributed by atoms with Crippen molar-refractivity contribution >= 4 is 28.4 Å². The molecule has 2 rings (SSSR count). The Kier molecular flexibility index (Phi) is 4.61. The van der Waals surface area contributed by atoms with Crippen LogP contribution in [0.25, 0.3) is 10.9 Å². The number of aromatic nitrogens is 1. The van der Waals surface area contributed by atoms with Crippen molar-refractivity contribution in [3.8, 4) is 0 Å². The Morgan fingerprint density at radius 2 is 2.00 bits per heavy atom. The summed E-state index contributed by atoms with van der Waals surface area (Å²) in [4.78, 5) is 16.8. The van der Waals surface area contributed by atoms with Crippen molar-refractivity contribution in [2.75, 3.05) is 5.88 Å². The second-order valence-electron chi connectivity index (χ2n) is 4.95. The number of benzene rings is 1. The van der Waals surface area contributed by atoms with Crippen LogP contribution in [0.2, 0.25) is 0 Å². The van der Waals surface area contributed by atoms with Gasteiger partial charge in [0.1, 0.15) is 0 Å². The minimum atomic E-state index is -0.344. The zero-order chi connectivity index (χ0) is 14.6. The number of pyridine rings is 1. The van der Waals surface area contributed by atoms with Crippen molar-refractivity contribution in [3.63, 3.8) is 0 Å². The van der Waals surface area contributed by atoms with Gasteiger partial charge in [-0.1, -0.05) is 26.0 Å². The highest BCUT2D eigenvalue weighted by Gasteiger charge is 2.27. The van der Waals surface area contributed by atoms with Gasteiger partial charge < -0.3 is 5.32 Å². The molecule has 0 aliphatic carbocycles. The highest BCUT2D eigenvalue weighted by molar-refractivity contribution is 6.19. The maximum atomic E-state index is 12.6. The lowest BCUT2D eigenvalue weighted by molar-refractivity contribution is 0.0904. The number of carbonyl (C=O) groups is 1. The molecule has 1 N–H and O–H groups in total. The van der Waals surface area contributed by atoms with Crippen LogP contribution in [0.4, 0.5) is 0 Å². The first-order valence-corrected chi connectivity index (χ1v) is 7.41. The van der Waals surface area contributed by atoms with Gasteiger partial charge in [0.2, 0.25) is 0 Å². The Morgan fingerprint density at radius 3 is 2.65 bits per heavy atom.